The quantitative estimate of drug-likeness (QED) is 0.553. The van der Waals surface area contributed by atoms with Gasteiger partial charge in [0.25, 0.3) is 0 Å². The van der Waals surface area contributed by atoms with E-state index in [1.807, 2.05) is 30.3 Å². The number of likely N-dealkylation sites (tertiary alicyclic amines) is 1. The van der Waals surface area contributed by atoms with Crippen molar-refractivity contribution >= 4 is 50.0 Å². The first-order valence-electron chi connectivity index (χ1n) is 9.51. The van der Waals surface area contributed by atoms with E-state index in [2.05, 4.69) is 36.8 Å². The minimum atomic E-state index is -0.600. The van der Waals surface area contributed by atoms with Crippen LogP contribution in [0.3, 0.4) is 0 Å². The van der Waals surface area contributed by atoms with Gasteiger partial charge in [-0.25, -0.2) is 4.79 Å². The number of nitrogens with one attached hydrogen (secondary N) is 2. The predicted molar refractivity (Wildman–Crippen MR) is 122 cm³/mol. The maximum Gasteiger partial charge on any atom is 0.322 e. The van der Waals surface area contributed by atoms with Crippen molar-refractivity contribution < 1.29 is 9.59 Å². The zero-order chi connectivity index (χ0) is 21.8. The monoisotopic (exact) mass is 496 g/mol. The maximum absolute atomic E-state index is 12.8. The van der Waals surface area contributed by atoms with Gasteiger partial charge < -0.3 is 10.2 Å². The highest BCUT2D eigenvalue weighted by molar-refractivity contribution is 9.10. The molecule has 0 aliphatic carbocycles. The Labute approximate surface area is 191 Å². The largest absolute Gasteiger partial charge is 0.322 e. The van der Waals surface area contributed by atoms with E-state index >= 15 is 0 Å². The molecule has 31 heavy (non-hydrogen) atoms. The fourth-order valence-corrected chi connectivity index (χ4v) is 4.49. The Bertz CT molecular complexity index is 1170. The number of aromatic nitrogens is 2. The Balaban J connectivity index is 1.42. The zero-order valence-corrected chi connectivity index (χ0v) is 18.6. The molecule has 1 saturated heterocycles. The molecule has 1 atom stereocenters. The number of rotatable bonds is 4. The van der Waals surface area contributed by atoms with Crippen molar-refractivity contribution in [1.29, 1.82) is 5.26 Å². The molecule has 0 spiro atoms. The Morgan fingerprint density at radius 2 is 2.00 bits per heavy atom. The van der Waals surface area contributed by atoms with Crippen molar-refractivity contribution in [3.63, 3.8) is 0 Å². The predicted octanol–water partition coefficient (Wildman–Crippen LogP) is 4.47. The average molecular weight is 497 g/mol. The van der Waals surface area contributed by atoms with Crippen LogP contribution >= 0.6 is 27.3 Å². The van der Waals surface area contributed by atoms with Crippen LogP contribution in [0.1, 0.15) is 18.4 Å². The van der Waals surface area contributed by atoms with Crippen LogP contribution < -0.4 is 10.6 Å². The molecule has 0 radical (unpaired) electrons. The number of carbonyl (C=O) groups excluding carboxylic acids is 2. The fraction of sp³-hybridized carbons (Fsp3) is 0.190. The molecule has 1 aliphatic heterocycles. The molecule has 2 N–H and O–H groups in total. The Kier molecular flexibility index (Phi) is 6.25. The van der Waals surface area contributed by atoms with E-state index in [9.17, 15) is 9.59 Å². The van der Waals surface area contributed by atoms with Crippen molar-refractivity contribution in [3.8, 4) is 16.6 Å². The lowest BCUT2D eigenvalue weighted by Gasteiger charge is -2.23. The molecule has 10 heteroatoms. The molecule has 1 aromatic heterocycles. The number of halogens is 1. The highest BCUT2D eigenvalue weighted by Gasteiger charge is 2.34. The lowest BCUT2D eigenvalue weighted by atomic mass is 10.2. The second kappa shape index (κ2) is 9.24. The third kappa shape index (κ3) is 4.90. The van der Waals surface area contributed by atoms with E-state index in [1.54, 1.807) is 24.3 Å². The van der Waals surface area contributed by atoms with Gasteiger partial charge in [0.15, 0.2) is 0 Å². The fourth-order valence-electron chi connectivity index (χ4n) is 3.34. The number of nitrogens with zero attached hydrogens (tertiary/aromatic N) is 4. The molecule has 0 bridgehead atoms. The van der Waals surface area contributed by atoms with Gasteiger partial charge in [-0.3, -0.25) is 10.1 Å². The lowest BCUT2D eigenvalue weighted by Crippen LogP contribution is -2.45. The van der Waals surface area contributed by atoms with Crippen molar-refractivity contribution in [3.05, 3.63) is 58.6 Å². The summed E-state index contributed by atoms with van der Waals surface area (Å²) in [5, 5.41) is 23.8. The van der Waals surface area contributed by atoms with Gasteiger partial charge in [-0.2, -0.15) is 5.26 Å². The summed E-state index contributed by atoms with van der Waals surface area (Å²) in [4.78, 5) is 27.1. The van der Waals surface area contributed by atoms with Crippen LogP contribution in [-0.4, -0.2) is 39.6 Å². The molecule has 3 amide bonds. The van der Waals surface area contributed by atoms with Crippen LogP contribution in [0.5, 0.6) is 0 Å². The first kappa shape index (κ1) is 21.0. The van der Waals surface area contributed by atoms with Crippen LogP contribution in [0.4, 0.5) is 15.6 Å². The van der Waals surface area contributed by atoms with E-state index in [-0.39, 0.29) is 11.9 Å². The molecule has 8 nitrogen and oxygen atoms in total. The minimum absolute atomic E-state index is 0.296. The second-order valence-corrected chi connectivity index (χ2v) is 8.78. The second-order valence-electron chi connectivity index (χ2n) is 6.89. The maximum atomic E-state index is 12.8. The molecule has 2 heterocycles. The number of nitriles is 1. The van der Waals surface area contributed by atoms with Crippen molar-refractivity contribution in [2.24, 2.45) is 0 Å². The molecule has 2 aromatic carbocycles. The van der Waals surface area contributed by atoms with E-state index < -0.39 is 6.04 Å². The molecule has 4 rings (SSSR count). The van der Waals surface area contributed by atoms with Gasteiger partial charge in [-0.15, -0.1) is 10.2 Å². The van der Waals surface area contributed by atoms with Crippen LogP contribution in [0, 0.1) is 11.3 Å². The number of urea groups is 1. The van der Waals surface area contributed by atoms with Crippen LogP contribution in [0.15, 0.2) is 53.0 Å². The minimum Gasteiger partial charge on any atom is -0.312 e. The number of hydrogen-bond donors (Lipinski definition) is 2. The van der Waals surface area contributed by atoms with E-state index in [1.165, 1.54) is 16.2 Å². The molecular weight excluding hydrogens is 480 g/mol. The molecule has 1 fully saturated rings. The summed E-state index contributed by atoms with van der Waals surface area (Å²) in [7, 11) is 0. The normalized spacial score (nSPS) is 15.4. The van der Waals surface area contributed by atoms with Gasteiger partial charge in [0.2, 0.25) is 11.0 Å². The number of carbonyl (C=O) groups is 2. The summed E-state index contributed by atoms with van der Waals surface area (Å²) in [6, 6.07) is 15.4. The Morgan fingerprint density at radius 1 is 1.16 bits per heavy atom. The molecule has 156 valence electrons. The summed E-state index contributed by atoms with van der Waals surface area (Å²) in [5.41, 5.74) is 1.86. The summed E-state index contributed by atoms with van der Waals surface area (Å²) in [5.74, 6) is -0.296. The van der Waals surface area contributed by atoms with Crippen LogP contribution in [-0.2, 0) is 4.79 Å². The summed E-state index contributed by atoms with van der Waals surface area (Å²) < 4.78 is 0.929. The standard InChI is InChI=1S/C21H17BrN6O2S/c22-15-6-2-5-14(11-15)19-26-27-20(31-19)25-18(29)17-8-3-9-28(17)21(30)24-16-7-1-4-13(10-16)12-23/h1-2,4-7,10-11,17H,3,8-9H2,(H,24,30)(H,25,27,29). The van der Waals surface area contributed by atoms with Crippen molar-refractivity contribution in [1.82, 2.24) is 15.1 Å². The SMILES string of the molecule is N#Cc1cccc(NC(=O)N2CCCC2C(=O)Nc2nnc(-c3cccc(Br)c3)s2)c1. The Hall–Kier alpha value is -3.29. The van der Waals surface area contributed by atoms with Gasteiger partial charge >= 0.3 is 6.03 Å². The van der Waals surface area contributed by atoms with E-state index in [0.717, 1.165) is 16.5 Å². The number of benzene rings is 2. The summed E-state index contributed by atoms with van der Waals surface area (Å²) in [6.07, 6.45) is 1.29. The molecule has 1 unspecified atom stereocenters. The van der Waals surface area contributed by atoms with Gasteiger partial charge in [0, 0.05) is 22.3 Å². The topological polar surface area (TPSA) is 111 Å². The van der Waals surface area contributed by atoms with E-state index in [0.29, 0.717) is 34.4 Å². The van der Waals surface area contributed by atoms with Gasteiger partial charge in [-0.05, 0) is 43.2 Å². The molecule has 1 aliphatic rings. The average Bonchev–Trinajstić information content (AvgIpc) is 3.44. The molecular formula is C21H17BrN6O2S. The Morgan fingerprint density at radius 3 is 2.81 bits per heavy atom. The smallest absolute Gasteiger partial charge is 0.312 e. The molecule has 0 saturated carbocycles. The first-order valence-corrected chi connectivity index (χ1v) is 11.1. The van der Waals surface area contributed by atoms with Gasteiger partial charge in [0.1, 0.15) is 11.0 Å². The van der Waals surface area contributed by atoms with Gasteiger partial charge in [0.05, 0.1) is 11.6 Å². The van der Waals surface area contributed by atoms with Gasteiger partial charge in [-0.1, -0.05) is 45.5 Å². The summed E-state index contributed by atoms with van der Waals surface area (Å²) >= 11 is 4.70. The van der Waals surface area contributed by atoms with Crippen LogP contribution in [0.25, 0.3) is 10.6 Å². The van der Waals surface area contributed by atoms with E-state index in [4.69, 9.17) is 5.26 Å². The van der Waals surface area contributed by atoms with Crippen LogP contribution in [0.2, 0.25) is 0 Å². The van der Waals surface area contributed by atoms with Crippen molar-refractivity contribution in [2.45, 2.75) is 18.9 Å². The third-order valence-electron chi connectivity index (χ3n) is 4.79. The molecule has 3 aromatic rings. The first-order chi connectivity index (χ1) is 15.0. The van der Waals surface area contributed by atoms with Crippen molar-refractivity contribution in [2.75, 3.05) is 17.2 Å². The number of amides is 3. The third-order valence-corrected chi connectivity index (χ3v) is 6.17. The highest BCUT2D eigenvalue weighted by atomic mass is 79.9. The summed E-state index contributed by atoms with van der Waals surface area (Å²) in [6.45, 7) is 0.473. The zero-order valence-electron chi connectivity index (χ0n) is 16.2. The lowest BCUT2D eigenvalue weighted by molar-refractivity contribution is -0.119. The number of anilines is 2. The highest BCUT2D eigenvalue weighted by Crippen LogP contribution is 2.29. The number of hydrogen-bond acceptors (Lipinski definition) is 6.